The van der Waals surface area contributed by atoms with Crippen LogP contribution in [0.5, 0.6) is 5.75 Å². The minimum absolute atomic E-state index is 0.154. The van der Waals surface area contributed by atoms with Crippen molar-refractivity contribution in [3.05, 3.63) is 94.4 Å². The second kappa shape index (κ2) is 7.74. The number of ether oxygens (including phenoxy) is 1. The lowest BCUT2D eigenvalue weighted by atomic mass is 10.1. The van der Waals surface area contributed by atoms with Crippen LogP contribution in [0.2, 0.25) is 5.02 Å². The molecule has 0 fully saturated rings. The Balaban J connectivity index is 1.73. The van der Waals surface area contributed by atoms with E-state index in [1.807, 2.05) is 54.6 Å². The molecule has 0 N–H and O–H groups in total. The molecule has 5 aromatic rings. The molecule has 2 heterocycles. The van der Waals surface area contributed by atoms with Crippen molar-refractivity contribution >= 4 is 22.4 Å². The van der Waals surface area contributed by atoms with Gasteiger partial charge in [-0.05, 0) is 30.3 Å². The van der Waals surface area contributed by atoms with Gasteiger partial charge in [0.25, 0.3) is 11.4 Å². The Kier molecular flexibility index (Phi) is 4.76. The van der Waals surface area contributed by atoms with E-state index in [4.69, 9.17) is 20.9 Å². The van der Waals surface area contributed by atoms with Crippen LogP contribution in [0.4, 0.5) is 0 Å². The number of aromatic nitrogens is 3. The molecule has 0 amide bonds. The van der Waals surface area contributed by atoms with Crippen LogP contribution in [0.25, 0.3) is 39.3 Å². The molecular weight excluding hydrogens is 414 g/mol. The van der Waals surface area contributed by atoms with Crippen LogP contribution in [0.3, 0.4) is 0 Å². The highest BCUT2D eigenvalue weighted by Crippen LogP contribution is 2.31. The molecule has 0 bridgehead atoms. The zero-order valence-electron chi connectivity index (χ0n) is 16.4. The summed E-state index contributed by atoms with van der Waals surface area (Å²) in [7, 11) is 1.59. The SMILES string of the molecule is COc1cccc(-n2cc(-c3nc(-c4ccccc4Cl)no3)c3ccccc3c2=O)c1. The molecule has 152 valence electrons. The first-order chi connectivity index (χ1) is 15.2. The minimum atomic E-state index is -0.154. The molecule has 0 saturated carbocycles. The monoisotopic (exact) mass is 429 g/mol. The third kappa shape index (κ3) is 3.37. The van der Waals surface area contributed by atoms with E-state index >= 15 is 0 Å². The van der Waals surface area contributed by atoms with E-state index in [0.717, 1.165) is 5.39 Å². The summed E-state index contributed by atoms with van der Waals surface area (Å²) in [6, 6.07) is 21.9. The number of nitrogens with zero attached hydrogens (tertiary/aromatic N) is 3. The molecule has 0 unspecified atom stereocenters. The van der Waals surface area contributed by atoms with Gasteiger partial charge in [0.1, 0.15) is 5.75 Å². The second-order valence-corrected chi connectivity index (χ2v) is 7.28. The van der Waals surface area contributed by atoms with E-state index in [2.05, 4.69) is 10.1 Å². The lowest BCUT2D eigenvalue weighted by Gasteiger charge is -2.11. The quantitative estimate of drug-likeness (QED) is 0.384. The molecular formula is C24H16ClN3O3. The summed E-state index contributed by atoms with van der Waals surface area (Å²) >= 11 is 6.28. The lowest BCUT2D eigenvalue weighted by Crippen LogP contribution is -2.18. The number of rotatable bonds is 4. The van der Waals surface area contributed by atoms with Gasteiger partial charge in [-0.2, -0.15) is 4.98 Å². The second-order valence-electron chi connectivity index (χ2n) is 6.87. The first-order valence-corrected chi connectivity index (χ1v) is 9.91. The topological polar surface area (TPSA) is 70.2 Å². The summed E-state index contributed by atoms with van der Waals surface area (Å²) in [4.78, 5) is 17.8. The van der Waals surface area contributed by atoms with Gasteiger partial charge in [0.05, 0.1) is 23.4 Å². The van der Waals surface area contributed by atoms with Gasteiger partial charge in [0.15, 0.2) is 0 Å². The molecule has 31 heavy (non-hydrogen) atoms. The maximum Gasteiger partial charge on any atom is 0.262 e. The van der Waals surface area contributed by atoms with Gasteiger partial charge < -0.3 is 9.26 Å². The van der Waals surface area contributed by atoms with Gasteiger partial charge in [0.2, 0.25) is 5.82 Å². The van der Waals surface area contributed by atoms with Crippen molar-refractivity contribution in [2.24, 2.45) is 0 Å². The highest BCUT2D eigenvalue weighted by atomic mass is 35.5. The number of pyridine rings is 1. The molecule has 3 aromatic carbocycles. The van der Waals surface area contributed by atoms with E-state index in [1.165, 1.54) is 0 Å². The Morgan fingerprint density at radius 2 is 1.71 bits per heavy atom. The summed E-state index contributed by atoms with van der Waals surface area (Å²) in [5.74, 6) is 1.32. The maximum absolute atomic E-state index is 13.2. The molecule has 5 rings (SSSR count). The molecule has 0 spiro atoms. The van der Waals surface area contributed by atoms with E-state index in [9.17, 15) is 4.79 Å². The van der Waals surface area contributed by atoms with Crippen LogP contribution in [0.15, 0.2) is 88.3 Å². The van der Waals surface area contributed by atoms with Crippen molar-refractivity contribution in [2.75, 3.05) is 7.11 Å². The zero-order valence-corrected chi connectivity index (χ0v) is 17.2. The van der Waals surface area contributed by atoms with Gasteiger partial charge in [-0.1, -0.05) is 53.2 Å². The fourth-order valence-corrected chi connectivity index (χ4v) is 3.72. The Hall–Kier alpha value is -3.90. The van der Waals surface area contributed by atoms with Crippen molar-refractivity contribution < 1.29 is 9.26 Å². The predicted octanol–water partition coefficient (Wildman–Crippen LogP) is 5.37. The highest BCUT2D eigenvalue weighted by molar-refractivity contribution is 6.33. The van der Waals surface area contributed by atoms with Crippen molar-refractivity contribution in [3.63, 3.8) is 0 Å². The standard InChI is InChI=1S/C24H16ClN3O3/c1-30-16-8-6-7-15(13-16)28-14-20(17-9-2-3-10-18(17)24(28)29)23-26-22(27-31-23)19-11-4-5-12-21(19)25/h2-14H,1H3. The molecule has 2 aromatic heterocycles. The fraction of sp³-hybridized carbons (Fsp3) is 0.0417. The van der Waals surface area contributed by atoms with Gasteiger partial charge in [-0.15, -0.1) is 0 Å². The van der Waals surface area contributed by atoms with E-state index in [1.54, 1.807) is 36.1 Å². The first kappa shape index (κ1) is 19.1. The average Bonchev–Trinajstić information content (AvgIpc) is 3.29. The van der Waals surface area contributed by atoms with Gasteiger partial charge in [-0.25, -0.2) is 0 Å². The molecule has 0 saturated heterocycles. The number of hydrogen-bond donors (Lipinski definition) is 0. The third-order valence-electron chi connectivity index (χ3n) is 5.03. The predicted molar refractivity (Wildman–Crippen MR) is 120 cm³/mol. The minimum Gasteiger partial charge on any atom is -0.497 e. The summed E-state index contributed by atoms with van der Waals surface area (Å²) < 4.78 is 12.5. The fourth-order valence-electron chi connectivity index (χ4n) is 3.50. The number of halogens is 1. The van der Waals surface area contributed by atoms with Crippen LogP contribution in [0.1, 0.15) is 0 Å². The lowest BCUT2D eigenvalue weighted by molar-refractivity contribution is 0.414. The summed E-state index contributed by atoms with van der Waals surface area (Å²) in [5, 5.41) is 5.90. The number of hydrogen-bond acceptors (Lipinski definition) is 5. The van der Waals surface area contributed by atoms with Crippen molar-refractivity contribution in [1.29, 1.82) is 0 Å². The van der Waals surface area contributed by atoms with Crippen LogP contribution in [0, 0.1) is 0 Å². The molecule has 0 atom stereocenters. The smallest absolute Gasteiger partial charge is 0.262 e. The Morgan fingerprint density at radius 1 is 0.935 bits per heavy atom. The molecule has 7 heteroatoms. The largest absolute Gasteiger partial charge is 0.497 e. The highest BCUT2D eigenvalue weighted by Gasteiger charge is 2.18. The molecule has 6 nitrogen and oxygen atoms in total. The molecule has 0 radical (unpaired) electrons. The van der Waals surface area contributed by atoms with Gasteiger partial charge in [-0.3, -0.25) is 9.36 Å². The molecule has 0 aliphatic carbocycles. The zero-order chi connectivity index (χ0) is 21.4. The molecule has 0 aliphatic rings. The Labute approximate surface area is 182 Å². The van der Waals surface area contributed by atoms with E-state index < -0.39 is 0 Å². The number of benzene rings is 3. The van der Waals surface area contributed by atoms with Crippen molar-refractivity contribution in [1.82, 2.24) is 14.7 Å². The summed E-state index contributed by atoms with van der Waals surface area (Å²) in [5.41, 5.74) is 1.83. The Morgan fingerprint density at radius 3 is 2.52 bits per heavy atom. The third-order valence-corrected chi connectivity index (χ3v) is 5.36. The average molecular weight is 430 g/mol. The summed E-state index contributed by atoms with van der Waals surface area (Å²) in [6.45, 7) is 0. The van der Waals surface area contributed by atoms with E-state index in [0.29, 0.717) is 44.7 Å². The van der Waals surface area contributed by atoms with Crippen LogP contribution in [-0.2, 0) is 0 Å². The van der Waals surface area contributed by atoms with Gasteiger partial charge >= 0.3 is 0 Å². The van der Waals surface area contributed by atoms with Crippen molar-refractivity contribution in [3.8, 4) is 34.3 Å². The molecule has 0 aliphatic heterocycles. The normalized spacial score (nSPS) is 11.0. The van der Waals surface area contributed by atoms with Crippen molar-refractivity contribution in [2.45, 2.75) is 0 Å². The maximum atomic E-state index is 13.2. The van der Waals surface area contributed by atoms with Gasteiger partial charge in [0, 0.05) is 28.6 Å². The van der Waals surface area contributed by atoms with Crippen LogP contribution in [-0.4, -0.2) is 21.8 Å². The first-order valence-electron chi connectivity index (χ1n) is 9.53. The van der Waals surface area contributed by atoms with E-state index in [-0.39, 0.29) is 5.56 Å². The van der Waals surface area contributed by atoms with Crippen LogP contribution < -0.4 is 10.3 Å². The Bertz CT molecular complexity index is 1470. The number of methoxy groups -OCH3 is 1. The number of fused-ring (bicyclic) bond motifs is 1. The summed E-state index contributed by atoms with van der Waals surface area (Å²) in [6.07, 6.45) is 1.71. The van der Waals surface area contributed by atoms with Crippen LogP contribution >= 0.6 is 11.6 Å².